The summed E-state index contributed by atoms with van der Waals surface area (Å²) in [4.78, 5) is 24.1. The number of nitrogens with one attached hydrogen (secondary N) is 2. The van der Waals surface area contributed by atoms with Gasteiger partial charge in [0.1, 0.15) is 0 Å². The molecule has 7 nitrogen and oxygen atoms in total. The third-order valence-corrected chi connectivity index (χ3v) is 6.34. The van der Waals surface area contributed by atoms with Gasteiger partial charge in [-0.2, -0.15) is 0 Å². The number of benzene rings is 2. The number of anilines is 1. The zero-order valence-electron chi connectivity index (χ0n) is 19.1. The first-order valence-electron chi connectivity index (χ1n) is 11.9. The Kier molecular flexibility index (Phi) is 6.51. The van der Waals surface area contributed by atoms with Crippen molar-refractivity contribution in [2.45, 2.75) is 32.2 Å². The van der Waals surface area contributed by atoms with Crippen molar-refractivity contribution in [3.05, 3.63) is 53.7 Å². The van der Waals surface area contributed by atoms with Crippen molar-refractivity contribution in [1.82, 2.24) is 20.2 Å². The number of hydrogen-bond acceptors (Lipinski definition) is 6. The van der Waals surface area contributed by atoms with Crippen LogP contribution in [0.1, 0.15) is 35.2 Å². The van der Waals surface area contributed by atoms with Crippen molar-refractivity contribution < 1.29 is 9.53 Å². The zero-order valence-corrected chi connectivity index (χ0v) is 19.1. The molecule has 2 aromatic carbocycles. The van der Waals surface area contributed by atoms with Gasteiger partial charge >= 0.3 is 0 Å². The molecule has 1 aromatic heterocycles. The van der Waals surface area contributed by atoms with Crippen molar-refractivity contribution in [3.8, 4) is 11.1 Å². The summed E-state index contributed by atoms with van der Waals surface area (Å²) < 4.78 is 5.40. The van der Waals surface area contributed by atoms with E-state index in [-0.39, 0.29) is 5.91 Å². The third kappa shape index (κ3) is 5.49. The van der Waals surface area contributed by atoms with Crippen LogP contribution in [0.3, 0.4) is 0 Å². The predicted octanol–water partition coefficient (Wildman–Crippen LogP) is 3.63. The molecule has 0 spiro atoms. The standard InChI is InChI=1S/C26H31N5O2/c1-18-3-4-20(25(32)29-22-6-7-22)16-23(18)19-5-8-24-21(15-19)17-28-26(30-24)27-9-2-10-31-11-13-33-14-12-31/h3-5,8,15-17,22H,2,6-7,9-14H2,1H3,(H,29,32)(H,27,28,30). The van der Waals surface area contributed by atoms with Gasteiger partial charge in [-0.15, -0.1) is 0 Å². The molecule has 2 heterocycles. The Balaban J connectivity index is 1.25. The monoisotopic (exact) mass is 445 g/mol. The van der Waals surface area contributed by atoms with Crippen LogP contribution in [0.4, 0.5) is 5.95 Å². The maximum Gasteiger partial charge on any atom is 0.251 e. The second-order valence-electron chi connectivity index (χ2n) is 8.98. The van der Waals surface area contributed by atoms with Crippen molar-refractivity contribution in [1.29, 1.82) is 0 Å². The highest BCUT2D eigenvalue weighted by atomic mass is 16.5. The van der Waals surface area contributed by atoms with Gasteiger partial charge in [-0.1, -0.05) is 12.1 Å². The fourth-order valence-electron chi connectivity index (χ4n) is 4.18. The highest BCUT2D eigenvalue weighted by molar-refractivity contribution is 5.96. The predicted molar refractivity (Wildman–Crippen MR) is 131 cm³/mol. The van der Waals surface area contributed by atoms with Gasteiger partial charge in [0.2, 0.25) is 5.95 Å². The number of amides is 1. The molecule has 2 aliphatic rings. The van der Waals surface area contributed by atoms with Crippen molar-refractivity contribution >= 4 is 22.8 Å². The van der Waals surface area contributed by atoms with Crippen LogP contribution in [0.2, 0.25) is 0 Å². The molecule has 0 radical (unpaired) electrons. The van der Waals surface area contributed by atoms with Crippen LogP contribution in [-0.4, -0.2) is 66.2 Å². The zero-order chi connectivity index (χ0) is 22.6. The van der Waals surface area contributed by atoms with E-state index >= 15 is 0 Å². The molecule has 7 heteroatoms. The Morgan fingerprint density at radius 1 is 1.15 bits per heavy atom. The van der Waals surface area contributed by atoms with Gasteiger partial charge in [0, 0.05) is 42.8 Å². The van der Waals surface area contributed by atoms with Gasteiger partial charge in [-0.25, -0.2) is 9.97 Å². The normalized spacial score (nSPS) is 16.6. The summed E-state index contributed by atoms with van der Waals surface area (Å²) in [5.74, 6) is 0.666. The number of fused-ring (bicyclic) bond motifs is 1. The molecule has 0 bridgehead atoms. The minimum absolute atomic E-state index is 0.00667. The molecular formula is C26H31N5O2. The lowest BCUT2D eigenvalue weighted by molar-refractivity contribution is 0.0378. The SMILES string of the molecule is Cc1ccc(C(=O)NC2CC2)cc1-c1ccc2nc(NCCCN3CCOCC3)ncc2c1. The van der Waals surface area contributed by atoms with Gasteiger partial charge in [-0.05, 0) is 73.7 Å². The number of carbonyl (C=O) groups is 1. The highest BCUT2D eigenvalue weighted by Gasteiger charge is 2.24. The lowest BCUT2D eigenvalue weighted by atomic mass is 9.97. The fourth-order valence-corrected chi connectivity index (χ4v) is 4.18. The van der Waals surface area contributed by atoms with Gasteiger partial charge in [0.25, 0.3) is 5.91 Å². The molecule has 1 aliphatic carbocycles. The van der Waals surface area contributed by atoms with Crippen LogP contribution in [0.5, 0.6) is 0 Å². The molecule has 33 heavy (non-hydrogen) atoms. The lowest BCUT2D eigenvalue weighted by Crippen LogP contribution is -2.37. The molecule has 2 N–H and O–H groups in total. The van der Waals surface area contributed by atoms with Crippen LogP contribution < -0.4 is 10.6 Å². The van der Waals surface area contributed by atoms with E-state index in [4.69, 9.17) is 4.74 Å². The van der Waals surface area contributed by atoms with Crippen LogP contribution in [0.15, 0.2) is 42.6 Å². The first kappa shape index (κ1) is 21.8. The summed E-state index contributed by atoms with van der Waals surface area (Å²) in [6.45, 7) is 7.68. The van der Waals surface area contributed by atoms with E-state index in [1.54, 1.807) is 0 Å². The van der Waals surface area contributed by atoms with Crippen molar-refractivity contribution in [2.75, 3.05) is 44.7 Å². The maximum absolute atomic E-state index is 12.5. The Bertz CT molecular complexity index is 1140. The molecule has 0 atom stereocenters. The molecule has 5 rings (SSSR count). The number of nitrogens with zero attached hydrogens (tertiary/aromatic N) is 3. The number of rotatable bonds is 8. The minimum atomic E-state index is 0.00667. The average Bonchev–Trinajstić information content (AvgIpc) is 3.66. The first-order chi connectivity index (χ1) is 16.2. The largest absolute Gasteiger partial charge is 0.379 e. The van der Waals surface area contributed by atoms with Gasteiger partial charge < -0.3 is 15.4 Å². The number of aryl methyl sites for hydroxylation is 1. The number of aromatic nitrogens is 2. The maximum atomic E-state index is 12.5. The van der Waals surface area contributed by atoms with E-state index in [2.05, 4.69) is 44.6 Å². The first-order valence-corrected chi connectivity index (χ1v) is 11.9. The van der Waals surface area contributed by atoms with Crippen molar-refractivity contribution in [3.63, 3.8) is 0 Å². The number of ether oxygens (including phenoxy) is 1. The molecule has 0 unspecified atom stereocenters. The number of carbonyl (C=O) groups excluding carboxylic acids is 1. The lowest BCUT2D eigenvalue weighted by Gasteiger charge is -2.26. The van der Waals surface area contributed by atoms with E-state index in [1.165, 1.54) is 0 Å². The average molecular weight is 446 g/mol. The topological polar surface area (TPSA) is 79.4 Å². The van der Waals surface area contributed by atoms with Crippen LogP contribution in [0.25, 0.3) is 22.0 Å². The van der Waals surface area contributed by atoms with E-state index in [0.717, 1.165) is 86.2 Å². The minimum Gasteiger partial charge on any atom is -0.379 e. The summed E-state index contributed by atoms with van der Waals surface area (Å²) >= 11 is 0. The van der Waals surface area contributed by atoms with Crippen molar-refractivity contribution in [2.24, 2.45) is 0 Å². The summed E-state index contributed by atoms with van der Waals surface area (Å²) in [5, 5.41) is 7.40. The third-order valence-electron chi connectivity index (χ3n) is 6.34. The van der Waals surface area contributed by atoms with Gasteiger partial charge in [0.05, 0.1) is 18.7 Å². The van der Waals surface area contributed by atoms with Crippen LogP contribution in [-0.2, 0) is 4.74 Å². The summed E-state index contributed by atoms with van der Waals surface area (Å²) in [6.07, 6.45) is 5.08. The molecule has 172 valence electrons. The Morgan fingerprint density at radius 2 is 2.00 bits per heavy atom. The van der Waals surface area contributed by atoms with Crippen LogP contribution in [0, 0.1) is 6.92 Å². The number of morpholine rings is 1. The molecule has 3 aromatic rings. The highest BCUT2D eigenvalue weighted by Crippen LogP contribution is 2.28. The second kappa shape index (κ2) is 9.85. The van der Waals surface area contributed by atoms with Gasteiger partial charge in [0.15, 0.2) is 0 Å². The molecule has 1 amide bonds. The Labute approximate surface area is 194 Å². The van der Waals surface area contributed by atoms with Crippen LogP contribution >= 0.6 is 0 Å². The van der Waals surface area contributed by atoms with E-state index in [1.807, 2.05) is 30.5 Å². The molecule has 1 saturated heterocycles. The van der Waals surface area contributed by atoms with Gasteiger partial charge in [-0.3, -0.25) is 9.69 Å². The smallest absolute Gasteiger partial charge is 0.251 e. The van der Waals surface area contributed by atoms with E-state index in [0.29, 0.717) is 17.6 Å². The Hall–Kier alpha value is -3.03. The van der Waals surface area contributed by atoms with E-state index in [9.17, 15) is 4.79 Å². The summed E-state index contributed by atoms with van der Waals surface area (Å²) in [7, 11) is 0. The molecular weight excluding hydrogens is 414 g/mol. The molecule has 2 fully saturated rings. The summed E-state index contributed by atoms with van der Waals surface area (Å²) in [5.41, 5.74) is 4.87. The number of hydrogen-bond donors (Lipinski definition) is 2. The quantitative estimate of drug-likeness (QED) is 0.516. The summed E-state index contributed by atoms with van der Waals surface area (Å²) in [6, 6.07) is 12.5. The Morgan fingerprint density at radius 3 is 2.82 bits per heavy atom. The van der Waals surface area contributed by atoms with E-state index < -0.39 is 0 Å². The fraction of sp³-hybridized carbons (Fsp3) is 0.423. The molecule has 1 aliphatic heterocycles. The second-order valence-corrected chi connectivity index (χ2v) is 8.98. The molecule has 1 saturated carbocycles.